The molecular weight excluding hydrogens is 258 g/mol. The third kappa shape index (κ3) is 3.22. The van der Waals surface area contributed by atoms with Crippen LogP contribution in [-0.4, -0.2) is 9.97 Å². The molecule has 2 aromatic heterocycles. The Hall–Kier alpha value is -1.20. The van der Waals surface area contributed by atoms with Gasteiger partial charge in [0.05, 0.1) is 18.3 Å². The third-order valence-corrected chi connectivity index (χ3v) is 4.42. The van der Waals surface area contributed by atoms with Crippen LogP contribution in [-0.2, 0) is 12.1 Å². The fourth-order valence-electron chi connectivity index (χ4n) is 1.79. The molecule has 0 saturated carbocycles. The molecule has 0 unspecified atom stereocenters. The standard InChI is InChI=1S/C14H21N3OS/c1-5-14(4,13-15-6-7-19-13)17-9-12-16-8-11(18-12)10(2)3/h6-8,10,17H,5,9H2,1-4H3/t14-/m0/s1. The molecule has 19 heavy (non-hydrogen) atoms. The van der Waals surface area contributed by atoms with E-state index in [1.54, 1.807) is 11.3 Å². The van der Waals surface area contributed by atoms with E-state index in [-0.39, 0.29) is 5.54 Å². The molecule has 5 heteroatoms. The predicted molar refractivity (Wildman–Crippen MR) is 77.2 cm³/mol. The number of nitrogens with one attached hydrogen (secondary N) is 1. The van der Waals surface area contributed by atoms with Crippen molar-refractivity contribution in [1.29, 1.82) is 0 Å². The highest BCUT2D eigenvalue weighted by Gasteiger charge is 2.27. The number of rotatable bonds is 6. The average molecular weight is 279 g/mol. The van der Waals surface area contributed by atoms with Crippen molar-refractivity contribution in [2.24, 2.45) is 0 Å². The lowest BCUT2D eigenvalue weighted by Crippen LogP contribution is -2.38. The van der Waals surface area contributed by atoms with Crippen LogP contribution in [0.1, 0.15) is 56.7 Å². The SMILES string of the molecule is CC[C@](C)(NCc1ncc(C(C)C)o1)c1nccs1. The van der Waals surface area contributed by atoms with E-state index in [4.69, 9.17) is 4.42 Å². The Labute approximate surface area is 118 Å². The normalized spacial score (nSPS) is 14.8. The van der Waals surface area contributed by atoms with Gasteiger partial charge >= 0.3 is 0 Å². The molecule has 0 aliphatic rings. The van der Waals surface area contributed by atoms with Crippen LogP contribution in [0.3, 0.4) is 0 Å². The molecule has 2 heterocycles. The van der Waals surface area contributed by atoms with Gasteiger partial charge in [0.2, 0.25) is 5.89 Å². The van der Waals surface area contributed by atoms with Crippen LogP contribution in [0.15, 0.2) is 22.2 Å². The number of hydrogen-bond acceptors (Lipinski definition) is 5. The van der Waals surface area contributed by atoms with Crippen molar-refractivity contribution < 1.29 is 4.42 Å². The van der Waals surface area contributed by atoms with Crippen molar-refractivity contribution in [3.8, 4) is 0 Å². The van der Waals surface area contributed by atoms with Gasteiger partial charge in [-0.05, 0) is 13.3 Å². The second kappa shape index (κ2) is 5.84. The molecule has 2 aromatic rings. The first-order chi connectivity index (χ1) is 9.05. The van der Waals surface area contributed by atoms with E-state index in [0.29, 0.717) is 12.5 Å². The quantitative estimate of drug-likeness (QED) is 0.876. The Balaban J connectivity index is 2.03. The first-order valence-electron chi connectivity index (χ1n) is 6.64. The fourth-order valence-corrected chi connectivity index (χ4v) is 2.64. The highest BCUT2D eigenvalue weighted by atomic mass is 32.1. The summed E-state index contributed by atoms with van der Waals surface area (Å²) in [6.45, 7) is 9.14. The highest BCUT2D eigenvalue weighted by Crippen LogP contribution is 2.26. The number of thiazole rings is 1. The van der Waals surface area contributed by atoms with Gasteiger partial charge in [-0.1, -0.05) is 20.8 Å². The molecule has 4 nitrogen and oxygen atoms in total. The van der Waals surface area contributed by atoms with Gasteiger partial charge in [0.1, 0.15) is 10.8 Å². The van der Waals surface area contributed by atoms with Crippen LogP contribution in [0.5, 0.6) is 0 Å². The van der Waals surface area contributed by atoms with Crippen LogP contribution < -0.4 is 5.32 Å². The van der Waals surface area contributed by atoms with E-state index >= 15 is 0 Å². The number of aromatic nitrogens is 2. The Morgan fingerprint density at radius 1 is 1.42 bits per heavy atom. The van der Waals surface area contributed by atoms with Crippen molar-refractivity contribution in [2.45, 2.75) is 52.1 Å². The molecule has 0 aliphatic heterocycles. The first-order valence-corrected chi connectivity index (χ1v) is 7.52. The summed E-state index contributed by atoms with van der Waals surface area (Å²) >= 11 is 1.68. The predicted octanol–water partition coefficient (Wildman–Crippen LogP) is 3.67. The molecule has 0 bridgehead atoms. The summed E-state index contributed by atoms with van der Waals surface area (Å²) in [6.07, 6.45) is 4.63. The molecule has 2 rings (SSSR count). The minimum absolute atomic E-state index is 0.124. The molecule has 0 spiro atoms. The van der Waals surface area contributed by atoms with Gasteiger partial charge in [0.15, 0.2) is 0 Å². The van der Waals surface area contributed by atoms with Crippen molar-refractivity contribution in [3.63, 3.8) is 0 Å². The maximum absolute atomic E-state index is 5.71. The Kier molecular flexibility index (Phi) is 4.37. The van der Waals surface area contributed by atoms with Gasteiger partial charge in [-0.25, -0.2) is 9.97 Å². The topological polar surface area (TPSA) is 51.0 Å². The van der Waals surface area contributed by atoms with Crippen molar-refractivity contribution in [2.75, 3.05) is 0 Å². The molecule has 0 fully saturated rings. The maximum atomic E-state index is 5.71. The first kappa shape index (κ1) is 14.2. The summed E-state index contributed by atoms with van der Waals surface area (Å²) < 4.78 is 5.71. The van der Waals surface area contributed by atoms with Gasteiger partial charge in [-0.2, -0.15) is 0 Å². The highest BCUT2D eigenvalue weighted by molar-refractivity contribution is 7.09. The maximum Gasteiger partial charge on any atom is 0.208 e. The number of oxazole rings is 1. The zero-order chi connectivity index (χ0) is 13.9. The minimum Gasteiger partial charge on any atom is -0.444 e. The lowest BCUT2D eigenvalue weighted by atomic mass is 10.00. The smallest absolute Gasteiger partial charge is 0.208 e. The molecule has 0 saturated heterocycles. The van der Waals surface area contributed by atoms with Crippen LogP contribution >= 0.6 is 11.3 Å². The van der Waals surface area contributed by atoms with E-state index < -0.39 is 0 Å². The Bertz CT molecular complexity index is 507. The number of nitrogens with zero attached hydrogens (tertiary/aromatic N) is 2. The molecule has 0 aliphatic carbocycles. The fraction of sp³-hybridized carbons (Fsp3) is 0.571. The lowest BCUT2D eigenvalue weighted by molar-refractivity contribution is 0.320. The molecule has 1 atom stereocenters. The van der Waals surface area contributed by atoms with Gasteiger partial charge < -0.3 is 4.42 Å². The third-order valence-electron chi connectivity index (χ3n) is 3.38. The van der Waals surface area contributed by atoms with Crippen LogP contribution in [0.25, 0.3) is 0 Å². The van der Waals surface area contributed by atoms with Crippen LogP contribution in [0.2, 0.25) is 0 Å². The van der Waals surface area contributed by atoms with Gasteiger partial charge in [-0.3, -0.25) is 5.32 Å². The minimum atomic E-state index is -0.124. The van der Waals surface area contributed by atoms with Crippen LogP contribution in [0.4, 0.5) is 0 Å². The lowest BCUT2D eigenvalue weighted by Gasteiger charge is -2.26. The second-order valence-corrected chi connectivity index (χ2v) is 6.08. The van der Waals surface area contributed by atoms with Crippen molar-refractivity contribution >= 4 is 11.3 Å². The van der Waals surface area contributed by atoms with Crippen LogP contribution in [0, 0.1) is 0 Å². The second-order valence-electron chi connectivity index (χ2n) is 5.19. The zero-order valence-electron chi connectivity index (χ0n) is 11.9. The van der Waals surface area contributed by atoms with E-state index in [1.807, 2.05) is 17.8 Å². The molecule has 104 valence electrons. The van der Waals surface area contributed by atoms with Gasteiger partial charge in [-0.15, -0.1) is 11.3 Å². The largest absolute Gasteiger partial charge is 0.444 e. The van der Waals surface area contributed by atoms with E-state index in [0.717, 1.165) is 23.1 Å². The van der Waals surface area contributed by atoms with E-state index in [1.165, 1.54) is 0 Å². The molecule has 0 amide bonds. The zero-order valence-corrected chi connectivity index (χ0v) is 12.8. The molecule has 0 radical (unpaired) electrons. The Morgan fingerprint density at radius 3 is 2.74 bits per heavy atom. The van der Waals surface area contributed by atoms with E-state index in [2.05, 4.69) is 43.0 Å². The number of hydrogen-bond donors (Lipinski definition) is 1. The average Bonchev–Trinajstić information content (AvgIpc) is 3.06. The molecule has 1 N–H and O–H groups in total. The molecule has 0 aromatic carbocycles. The summed E-state index contributed by atoms with van der Waals surface area (Å²) in [5, 5.41) is 6.62. The van der Waals surface area contributed by atoms with Gasteiger partial charge in [0.25, 0.3) is 0 Å². The summed E-state index contributed by atoms with van der Waals surface area (Å²) in [5.74, 6) is 2.04. The summed E-state index contributed by atoms with van der Waals surface area (Å²) in [5.41, 5.74) is -0.124. The van der Waals surface area contributed by atoms with Crippen molar-refractivity contribution in [1.82, 2.24) is 15.3 Å². The van der Waals surface area contributed by atoms with Gasteiger partial charge in [0, 0.05) is 17.5 Å². The van der Waals surface area contributed by atoms with Crippen molar-refractivity contribution in [3.05, 3.63) is 34.4 Å². The summed E-state index contributed by atoms with van der Waals surface area (Å²) in [6, 6.07) is 0. The summed E-state index contributed by atoms with van der Waals surface area (Å²) in [4.78, 5) is 8.72. The monoisotopic (exact) mass is 279 g/mol. The summed E-state index contributed by atoms with van der Waals surface area (Å²) in [7, 11) is 0. The Morgan fingerprint density at radius 2 is 2.21 bits per heavy atom. The molecular formula is C14H21N3OS. The van der Waals surface area contributed by atoms with E-state index in [9.17, 15) is 0 Å².